The van der Waals surface area contributed by atoms with E-state index in [2.05, 4.69) is 20.7 Å². The van der Waals surface area contributed by atoms with Crippen LogP contribution in [0.15, 0.2) is 10.6 Å². The molecule has 2 fully saturated rings. The van der Waals surface area contributed by atoms with Crippen LogP contribution in [0, 0.1) is 11.8 Å². The highest BCUT2D eigenvalue weighted by atomic mass is 79.9. The molecule has 0 aromatic rings. The Balaban J connectivity index is 2.08. The molecular formula is C8H5BrO4. The van der Waals surface area contributed by atoms with Crippen molar-refractivity contribution in [1.82, 2.24) is 0 Å². The molecule has 13 heavy (non-hydrogen) atoms. The van der Waals surface area contributed by atoms with Crippen LogP contribution in [0.25, 0.3) is 0 Å². The highest BCUT2D eigenvalue weighted by molar-refractivity contribution is 9.11. The van der Waals surface area contributed by atoms with E-state index in [1.807, 2.05) is 6.08 Å². The standard InChI is InChI=1S/C8H5BrO4/c9-2-1-3-4-5(6(2)12-3)8(11)13-7(4)10/h1,3-6H. The van der Waals surface area contributed by atoms with Gasteiger partial charge in [-0.2, -0.15) is 0 Å². The van der Waals surface area contributed by atoms with Gasteiger partial charge in [0.05, 0.1) is 6.10 Å². The smallest absolute Gasteiger partial charge is 0.320 e. The minimum Gasteiger partial charge on any atom is -0.393 e. The fraction of sp³-hybridized carbons (Fsp3) is 0.500. The van der Waals surface area contributed by atoms with E-state index in [0.717, 1.165) is 4.48 Å². The maximum Gasteiger partial charge on any atom is 0.320 e. The number of carbonyl (C=O) groups excluding carboxylic acids is 2. The molecule has 68 valence electrons. The Morgan fingerprint density at radius 2 is 1.92 bits per heavy atom. The monoisotopic (exact) mass is 244 g/mol. The lowest BCUT2D eigenvalue weighted by molar-refractivity contribution is -0.156. The lowest BCUT2D eigenvalue weighted by Crippen LogP contribution is -2.27. The fourth-order valence-electron chi connectivity index (χ4n) is 2.15. The minimum absolute atomic E-state index is 0.275. The average molecular weight is 245 g/mol. The van der Waals surface area contributed by atoms with E-state index in [0.29, 0.717) is 0 Å². The molecule has 4 atom stereocenters. The van der Waals surface area contributed by atoms with E-state index in [-0.39, 0.29) is 12.2 Å². The number of rotatable bonds is 0. The van der Waals surface area contributed by atoms with Crippen molar-refractivity contribution in [2.24, 2.45) is 11.8 Å². The molecule has 0 saturated carbocycles. The van der Waals surface area contributed by atoms with Crippen molar-refractivity contribution < 1.29 is 19.1 Å². The highest BCUT2D eigenvalue weighted by Gasteiger charge is 2.61. The number of hydrogen-bond acceptors (Lipinski definition) is 4. The van der Waals surface area contributed by atoms with Gasteiger partial charge in [-0.3, -0.25) is 9.59 Å². The summed E-state index contributed by atoms with van der Waals surface area (Å²) in [5, 5.41) is 0. The second-order valence-electron chi connectivity index (χ2n) is 3.36. The summed E-state index contributed by atoms with van der Waals surface area (Å²) in [7, 11) is 0. The first-order valence-corrected chi connectivity index (χ1v) is 4.76. The first kappa shape index (κ1) is 7.70. The number of halogens is 1. The molecule has 4 unspecified atom stereocenters. The molecule has 0 aromatic carbocycles. The maximum absolute atomic E-state index is 11.2. The van der Waals surface area contributed by atoms with E-state index in [1.165, 1.54) is 0 Å². The zero-order chi connectivity index (χ0) is 9.16. The van der Waals surface area contributed by atoms with Crippen LogP contribution < -0.4 is 0 Å². The Labute approximate surface area is 82.0 Å². The number of carbonyl (C=O) groups is 2. The Bertz CT molecular complexity index is 348. The Morgan fingerprint density at radius 3 is 2.69 bits per heavy atom. The fourth-order valence-corrected chi connectivity index (χ4v) is 2.80. The molecule has 2 bridgehead atoms. The zero-order valence-corrected chi connectivity index (χ0v) is 7.98. The number of esters is 2. The molecule has 0 radical (unpaired) electrons. The largest absolute Gasteiger partial charge is 0.393 e. The van der Waals surface area contributed by atoms with Crippen molar-refractivity contribution >= 4 is 27.9 Å². The molecule has 3 aliphatic rings. The summed E-state index contributed by atoms with van der Waals surface area (Å²) in [6.07, 6.45) is 1.25. The quantitative estimate of drug-likeness (QED) is 0.456. The van der Waals surface area contributed by atoms with Crippen LogP contribution in [0.2, 0.25) is 0 Å². The summed E-state index contributed by atoms with van der Waals surface area (Å²) < 4.78 is 10.8. The molecule has 0 aromatic heterocycles. The van der Waals surface area contributed by atoms with E-state index in [4.69, 9.17) is 4.74 Å². The highest BCUT2D eigenvalue weighted by Crippen LogP contribution is 2.48. The summed E-state index contributed by atoms with van der Waals surface area (Å²) in [4.78, 5) is 22.4. The molecular weight excluding hydrogens is 240 g/mol. The molecule has 0 aliphatic carbocycles. The summed E-state index contributed by atoms with van der Waals surface area (Å²) in [5.41, 5.74) is 0. The predicted octanol–water partition coefficient (Wildman–Crippen LogP) is 0.362. The van der Waals surface area contributed by atoms with Crippen LogP contribution in [0.4, 0.5) is 0 Å². The molecule has 2 saturated heterocycles. The van der Waals surface area contributed by atoms with Gasteiger partial charge < -0.3 is 9.47 Å². The van der Waals surface area contributed by atoms with Gasteiger partial charge in [-0.15, -0.1) is 0 Å². The summed E-state index contributed by atoms with van der Waals surface area (Å²) in [6.45, 7) is 0. The molecule has 3 heterocycles. The van der Waals surface area contributed by atoms with Gasteiger partial charge in [0.25, 0.3) is 0 Å². The predicted molar refractivity (Wildman–Crippen MR) is 43.8 cm³/mol. The third-order valence-electron chi connectivity index (χ3n) is 2.71. The topological polar surface area (TPSA) is 52.6 Å². The van der Waals surface area contributed by atoms with Crippen molar-refractivity contribution in [2.45, 2.75) is 12.2 Å². The van der Waals surface area contributed by atoms with E-state index >= 15 is 0 Å². The molecule has 0 amide bonds. The lowest BCUT2D eigenvalue weighted by Gasteiger charge is -2.11. The first-order chi connectivity index (χ1) is 6.18. The van der Waals surface area contributed by atoms with Crippen LogP contribution in [0.1, 0.15) is 0 Å². The normalized spacial score (nSPS) is 46.4. The van der Waals surface area contributed by atoms with E-state index in [1.54, 1.807) is 0 Å². The van der Waals surface area contributed by atoms with Crippen molar-refractivity contribution in [1.29, 1.82) is 0 Å². The van der Waals surface area contributed by atoms with Crippen LogP contribution in [-0.4, -0.2) is 24.1 Å². The molecule has 0 N–H and O–H groups in total. The SMILES string of the molecule is O=C1OC(=O)C2C3OC(C=C3Br)C12. The van der Waals surface area contributed by atoms with Crippen molar-refractivity contribution in [3.63, 3.8) is 0 Å². The molecule has 3 rings (SSSR count). The van der Waals surface area contributed by atoms with Crippen LogP contribution in [-0.2, 0) is 19.1 Å². The maximum atomic E-state index is 11.2. The van der Waals surface area contributed by atoms with Crippen molar-refractivity contribution in [3.8, 4) is 0 Å². The second kappa shape index (κ2) is 2.22. The first-order valence-electron chi connectivity index (χ1n) is 3.96. The van der Waals surface area contributed by atoms with Crippen molar-refractivity contribution in [2.75, 3.05) is 0 Å². The zero-order valence-electron chi connectivity index (χ0n) is 6.40. The third kappa shape index (κ3) is 0.788. The molecule has 3 aliphatic heterocycles. The number of fused-ring (bicyclic) bond motifs is 5. The van der Waals surface area contributed by atoms with Crippen LogP contribution >= 0.6 is 15.9 Å². The summed E-state index contributed by atoms with van der Waals surface area (Å²) in [5.74, 6) is -1.72. The number of cyclic esters (lactones) is 2. The molecule has 0 spiro atoms. The van der Waals surface area contributed by atoms with E-state index < -0.39 is 23.8 Å². The van der Waals surface area contributed by atoms with Gasteiger partial charge in [0.1, 0.15) is 17.9 Å². The van der Waals surface area contributed by atoms with Gasteiger partial charge in [-0.1, -0.05) is 15.9 Å². The van der Waals surface area contributed by atoms with E-state index in [9.17, 15) is 9.59 Å². The van der Waals surface area contributed by atoms with Gasteiger partial charge in [0.15, 0.2) is 0 Å². The second-order valence-corrected chi connectivity index (χ2v) is 4.28. The van der Waals surface area contributed by atoms with Crippen LogP contribution in [0.3, 0.4) is 0 Å². The van der Waals surface area contributed by atoms with Crippen molar-refractivity contribution in [3.05, 3.63) is 10.6 Å². The summed E-state index contributed by atoms with van der Waals surface area (Å²) >= 11 is 3.30. The molecule has 5 heteroatoms. The number of ether oxygens (including phenoxy) is 2. The van der Waals surface area contributed by atoms with Crippen LogP contribution in [0.5, 0.6) is 0 Å². The average Bonchev–Trinajstić information content (AvgIpc) is 2.64. The van der Waals surface area contributed by atoms with Gasteiger partial charge in [-0.05, 0) is 6.08 Å². The van der Waals surface area contributed by atoms with Gasteiger partial charge >= 0.3 is 11.9 Å². The summed E-state index contributed by atoms with van der Waals surface area (Å²) in [6, 6.07) is 0. The Morgan fingerprint density at radius 1 is 1.23 bits per heavy atom. The molecule has 4 nitrogen and oxygen atoms in total. The Hall–Kier alpha value is -0.680. The van der Waals surface area contributed by atoms with Gasteiger partial charge in [0, 0.05) is 4.48 Å². The van der Waals surface area contributed by atoms with Gasteiger partial charge in [0.2, 0.25) is 0 Å². The van der Waals surface area contributed by atoms with Gasteiger partial charge in [-0.25, -0.2) is 0 Å². The Kier molecular flexibility index (Phi) is 1.31. The number of hydrogen-bond donors (Lipinski definition) is 0. The minimum atomic E-state index is -0.451. The third-order valence-corrected chi connectivity index (χ3v) is 3.43. The lowest BCUT2D eigenvalue weighted by atomic mass is 9.85.